The van der Waals surface area contributed by atoms with Crippen molar-refractivity contribution < 1.29 is 9.84 Å². The lowest BCUT2D eigenvalue weighted by Crippen LogP contribution is -2.71. The molecule has 4 fully saturated rings. The quantitative estimate of drug-likeness (QED) is 0.786. The van der Waals surface area contributed by atoms with E-state index in [0.717, 1.165) is 19.4 Å². The first kappa shape index (κ1) is 13.0. The SMILES string of the molecule is C[C@@H]1[C@@H]2CO[C@@H](O)[C@H]3[C@H]2C[C@H]2c4[nH]c5ccccc5c4C[C@@H]3N12. The Morgan fingerprint density at radius 2 is 2.13 bits per heavy atom. The van der Waals surface area contributed by atoms with E-state index in [9.17, 15) is 5.11 Å². The number of nitrogens with one attached hydrogen (secondary N) is 1. The van der Waals surface area contributed by atoms with E-state index >= 15 is 0 Å². The van der Waals surface area contributed by atoms with Gasteiger partial charge in [-0.25, -0.2) is 0 Å². The molecule has 2 N–H and O–H groups in total. The predicted molar refractivity (Wildman–Crippen MR) is 86.9 cm³/mol. The van der Waals surface area contributed by atoms with Crippen molar-refractivity contribution in [2.24, 2.45) is 17.8 Å². The zero-order valence-electron chi connectivity index (χ0n) is 13.3. The standard InChI is InChI=1S/C19H22N2O2/c1-9-13-8-23-19(22)17-11(13)6-16-18-12(7-15(17)21(9)16)10-4-2-3-5-14(10)20-18/h2-5,9,11,13,15-17,19-20,22H,6-8H2,1H3/t9-,11+,13+,15+,16+,17+,19-/m1/s1. The van der Waals surface area contributed by atoms with E-state index in [0.29, 0.717) is 30.0 Å². The first-order chi connectivity index (χ1) is 11.2. The van der Waals surface area contributed by atoms with Crippen LogP contribution in [0.3, 0.4) is 0 Å². The Bertz CT molecular complexity index is 800. The molecule has 6 bridgehead atoms. The molecule has 5 aliphatic heterocycles. The summed E-state index contributed by atoms with van der Waals surface area (Å²) in [6.07, 6.45) is 1.62. The van der Waals surface area contributed by atoms with E-state index in [1.807, 2.05) is 0 Å². The van der Waals surface area contributed by atoms with Crippen LogP contribution in [0.15, 0.2) is 24.3 Å². The van der Waals surface area contributed by atoms with Crippen LogP contribution >= 0.6 is 0 Å². The Kier molecular flexibility index (Phi) is 2.36. The highest BCUT2D eigenvalue weighted by Gasteiger charge is 2.61. The second-order valence-electron chi connectivity index (χ2n) is 7.90. The first-order valence-electron chi connectivity index (χ1n) is 8.90. The van der Waals surface area contributed by atoms with Crippen molar-refractivity contribution in [2.45, 2.75) is 44.2 Å². The van der Waals surface area contributed by atoms with Crippen LogP contribution in [0, 0.1) is 17.8 Å². The van der Waals surface area contributed by atoms with Gasteiger partial charge in [0.2, 0.25) is 0 Å². The third-order valence-electron chi connectivity index (χ3n) is 7.20. The fraction of sp³-hybridized carbons (Fsp3) is 0.579. The minimum Gasteiger partial charge on any atom is -0.368 e. The molecule has 4 saturated heterocycles. The predicted octanol–water partition coefficient (Wildman–Crippen LogP) is 2.44. The van der Waals surface area contributed by atoms with Gasteiger partial charge in [-0.1, -0.05) is 18.2 Å². The Morgan fingerprint density at radius 1 is 1.26 bits per heavy atom. The van der Waals surface area contributed by atoms with Crippen LogP contribution in [0.5, 0.6) is 0 Å². The minimum absolute atomic E-state index is 0.281. The number of para-hydroxylation sites is 1. The zero-order valence-corrected chi connectivity index (χ0v) is 13.3. The molecular formula is C19H22N2O2. The van der Waals surface area contributed by atoms with E-state index < -0.39 is 6.29 Å². The number of aromatic amines is 1. The van der Waals surface area contributed by atoms with Gasteiger partial charge in [-0.3, -0.25) is 4.90 Å². The lowest BCUT2D eigenvalue weighted by atomic mass is 9.58. The molecule has 0 saturated carbocycles. The van der Waals surface area contributed by atoms with Gasteiger partial charge in [0.1, 0.15) is 0 Å². The third-order valence-corrected chi connectivity index (χ3v) is 7.20. The Morgan fingerprint density at radius 3 is 3.04 bits per heavy atom. The molecule has 0 spiro atoms. The molecule has 1 aromatic carbocycles. The van der Waals surface area contributed by atoms with Gasteiger partial charge in [0, 0.05) is 40.5 Å². The van der Waals surface area contributed by atoms with Gasteiger partial charge in [0.05, 0.1) is 12.6 Å². The van der Waals surface area contributed by atoms with Gasteiger partial charge in [-0.05, 0) is 37.3 Å². The molecule has 23 heavy (non-hydrogen) atoms. The van der Waals surface area contributed by atoms with Crippen LogP contribution in [0.2, 0.25) is 0 Å². The number of piperidine rings is 3. The number of nitrogens with zero attached hydrogens (tertiary/aromatic N) is 1. The van der Waals surface area contributed by atoms with E-state index in [2.05, 4.69) is 41.1 Å². The average molecular weight is 310 g/mol. The number of aliphatic hydroxyl groups excluding tert-OH is 1. The summed E-state index contributed by atoms with van der Waals surface area (Å²) in [4.78, 5) is 6.43. The van der Waals surface area contributed by atoms with Gasteiger partial charge in [-0.15, -0.1) is 0 Å². The van der Waals surface area contributed by atoms with E-state index in [4.69, 9.17) is 4.74 Å². The van der Waals surface area contributed by atoms with Gasteiger partial charge < -0.3 is 14.8 Å². The van der Waals surface area contributed by atoms with Crippen LogP contribution < -0.4 is 0 Å². The molecule has 1 unspecified atom stereocenters. The summed E-state index contributed by atoms with van der Waals surface area (Å²) in [5, 5.41) is 11.9. The minimum atomic E-state index is -0.580. The Labute approximate surface area is 135 Å². The van der Waals surface area contributed by atoms with Crippen molar-refractivity contribution in [3.63, 3.8) is 0 Å². The molecule has 2 aromatic rings. The summed E-state index contributed by atoms with van der Waals surface area (Å²) >= 11 is 0. The van der Waals surface area contributed by atoms with Crippen molar-refractivity contribution in [2.75, 3.05) is 6.61 Å². The molecule has 120 valence electrons. The maximum atomic E-state index is 10.5. The third kappa shape index (κ3) is 1.44. The summed E-state index contributed by atoms with van der Waals surface area (Å²) in [6.45, 7) is 3.08. The van der Waals surface area contributed by atoms with Crippen LogP contribution in [0.4, 0.5) is 0 Å². The monoisotopic (exact) mass is 310 g/mol. The van der Waals surface area contributed by atoms with Gasteiger partial charge in [0.25, 0.3) is 0 Å². The van der Waals surface area contributed by atoms with Crippen molar-refractivity contribution in [3.8, 4) is 0 Å². The number of hydrogen-bond acceptors (Lipinski definition) is 3. The fourth-order valence-corrected chi connectivity index (χ4v) is 6.30. The molecule has 0 radical (unpaired) electrons. The molecule has 4 nitrogen and oxygen atoms in total. The summed E-state index contributed by atoms with van der Waals surface area (Å²) in [6, 6.07) is 10.1. The molecular weight excluding hydrogens is 288 g/mol. The largest absolute Gasteiger partial charge is 0.368 e. The summed E-state index contributed by atoms with van der Waals surface area (Å²) in [7, 11) is 0. The molecule has 5 aliphatic rings. The highest BCUT2D eigenvalue weighted by molar-refractivity contribution is 5.85. The number of benzene rings is 1. The normalized spacial score (nSPS) is 46.9. The highest BCUT2D eigenvalue weighted by Crippen LogP contribution is 2.58. The molecule has 7 rings (SSSR count). The average Bonchev–Trinajstić information content (AvgIpc) is 2.93. The number of rotatable bonds is 0. The van der Waals surface area contributed by atoms with E-state index in [-0.39, 0.29) is 5.92 Å². The topological polar surface area (TPSA) is 48.5 Å². The second-order valence-corrected chi connectivity index (χ2v) is 7.90. The molecule has 0 amide bonds. The summed E-state index contributed by atoms with van der Waals surface area (Å²) in [5.41, 5.74) is 4.18. The molecule has 6 heterocycles. The maximum Gasteiger partial charge on any atom is 0.159 e. The summed E-state index contributed by atoms with van der Waals surface area (Å²) < 4.78 is 5.74. The van der Waals surface area contributed by atoms with Crippen molar-refractivity contribution in [1.29, 1.82) is 0 Å². The number of fused-ring (bicyclic) bond motifs is 3. The van der Waals surface area contributed by atoms with Gasteiger partial charge in [-0.2, -0.15) is 0 Å². The number of H-pyrrole nitrogens is 1. The van der Waals surface area contributed by atoms with Crippen LogP contribution in [-0.2, 0) is 11.2 Å². The number of aromatic nitrogens is 1. The van der Waals surface area contributed by atoms with E-state index in [1.165, 1.54) is 22.2 Å². The lowest BCUT2D eigenvalue weighted by molar-refractivity contribution is -0.280. The Hall–Kier alpha value is -1.36. The molecule has 8 atom stereocenters. The first-order valence-corrected chi connectivity index (χ1v) is 8.90. The Balaban J connectivity index is 1.56. The molecule has 1 aromatic heterocycles. The lowest BCUT2D eigenvalue weighted by Gasteiger charge is -2.65. The van der Waals surface area contributed by atoms with Crippen LogP contribution in [0.25, 0.3) is 10.9 Å². The highest BCUT2D eigenvalue weighted by atomic mass is 16.6. The second kappa shape index (κ2) is 4.18. The molecule has 0 aliphatic carbocycles. The van der Waals surface area contributed by atoms with Crippen molar-refractivity contribution in [1.82, 2.24) is 9.88 Å². The number of aliphatic hydroxyl groups is 1. The van der Waals surface area contributed by atoms with Crippen molar-refractivity contribution in [3.05, 3.63) is 35.5 Å². The van der Waals surface area contributed by atoms with Crippen LogP contribution in [0.1, 0.15) is 30.6 Å². The molecule has 4 heteroatoms. The summed E-state index contributed by atoms with van der Waals surface area (Å²) in [5.74, 6) is 1.47. The maximum absolute atomic E-state index is 10.5. The number of hydrogen-bond donors (Lipinski definition) is 2. The van der Waals surface area contributed by atoms with Gasteiger partial charge in [0.15, 0.2) is 6.29 Å². The fourth-order valence-electron chi connectivity index (χ4n) is 6.30. The smallest absolute Gasteiger partial charge is 0.159 e. The van der Waals surface area contributed by atoms with Crippen LogP contribution in [-0.4, -0.2) is 40.0 Å². The number of ether oxygens (including phenoxy) is 1. The zero-order chi connectivity index (χ0) is 15.3. The van der Waals surface area contributed by atoms with Gasteiger partial charge >= 0.3 is 0 Å². The van der Waals surface area contributed by atoms with Crippen molar-refractivity contribution >= 4 is 10.9 Å². The van der Waals surface area contributed by atoms with E-state index in [1.54, 1.807) is 0 Å².